The second-order valence-electron chi connectivity index (χ2n) is 9.33. The van der Waals surface area contributed by atoms with Gasteiger partial charge >= 0.3 is 0 Å². The Morgan fingerprint density at radius 2 is 1.94 bits per heavy atom. The highest BCUT2D eigenvalue weighted by Gasteiger charge is 2.25. The number of nitrogens with one attached hydrogen (secondary N) is 4. The number of rotatable bonds is 3. The normalized spacial score (nSPS) is 24.9. The van der Waals surface area contributed by atoms with Crippen molar-refractivity contribution in [3.8, 4) is 5.75 Å². The Labute approximate surface area is 208 Å². The van der Waals surface area contributed by atoms with Gasteiger partial charge in [0.2, 0.25) is 11.8 Å². The monoisotopic (exact) mass is 489 g/mol. The highest BCUT2D eigenvalue weighted by atomic mass is 19.1. The van der Waals surface area contributed by atoms with E-state index in [2.05, 4.69) is 26.2 Å². The van der Waals surface area contributed by atoms with E-state index in [1.165, 1.54) is 6.07 Å². The highest BCUT2D eigenvalue weighted by Crippen LogP contribution is 2.24. The van der Waals surface area contributed by atoms with Gasteiger partial charge in [-0.1, -0.05) is 25.1 Å². The largest absolute Gasteiger partial charge is 0.489 e. The third kappa shape index (κ3) is 8.81. The van der Waals surface area contributed by atoms with Crippen molar-refractivity contribution in [1.82, 2.24) is 26.2 Å². The van der Waals surface area contributed by atoms with Crippen molar-refractivity contribution in [3.05, 3.63) is 41.4 Å². The van der Waals surface area contributed by atoms with Crippen LogP contribution in [0.3, 0.4) is 0 Å². The van der Waals surface area contributed by atoms with Gasteiger partial charge in [0.15, 0.2) is 11.6 Å². The van der Waals surface area contributed by atoms with Crippen LogP contribution in [0.5, 0.6) is 5.75 Å². The number of allylic oxidation sites excluding steroid dienone is 1. The summed E-state index contributed by atoms with van der Waals surface area (Å²) in [6.45, 7) is 7.73. The molecule has 4 N–H and O–H groups in total. The topological polar surface area (TPSA) is 94.7 Å². The summed E-state index contributed by atoms with van der Waals surface area (Å²) in [5.74, 6) is -0.514. The molecule has 2 atom stereocenters. The Bertz CT molecular complexity index is 873. The first kappa shape index (κ1) is 26.9. The van der Waals surface area contributed by atoms with Crippen molar-refractivity contribution in [2.24, 2.45) is 0 Å². The molecule has 1 aromatic carbocycles. The lowest BCUT2D eigenvalue weighted by atomic mass is 10.1. The summed E-state index contributed by atoms with van der Waals surface area (Å²) >= 11 is 0. The number of carbonyl (C=O) groups is 2. The van der Waals surface area contributed by atoms with E-state index in [9.17, 15) is 14.0 Å². The Kier molecular flexibility index (Phi) is 10.8. The lowest BCUT2D eigenvalue weighted by molar-refractivity contribution is -0.129. The fourth-order valence-corrected chi connectivity index (χ4v) is 4.39. The summed E-state index contributed by atoms with van der Waals surface area (Å²) in [5, 5.41) is 12.4. The highest BCUT2D eigenvalue weighted by molar-refractivity contribution is 5.88. The Hall–Kier alpha value is -2.65. The van der Waals surface area contributed by atoms with Gasteiger partial charge in [0, 0.05) is 31.4 Å². The maximum atomic E-state index is 14.5. The first-order valence-electron chi connectivity index (χ1n) is 12.8. The van der Waals surface area contributed by atoms with Crippen LogP contribution in [-0.2, 0) is 16.0 Å². The van der Waals surface area contributed by atoms with Gasteiger partial charge in [0.05, 0.1) is 6.54 Å². The fourth-order valence-electron chi connectivity index (χ4n) is 4.39. The van der Waals surface area contributed by atoms with Gasteiger partial charge in [0.25, 0.3) is 0 Å². The standard InChI is InChI=1S/C26H40FN5O3/c1-3-8-21-15-29-19(2)18-35-25-20(9-6-11-22(25)27)10-7-12-28-26(34)23(31-24(33)16-30-21)17-32-13-4-5-14-32/h6,8-9,11,19,23,29-30H,3-5,7,10,12-18H2,1-2H3,(H,28,34)(H,31,33)/b21-8+/t19-,23?/m0/s1. The van der Waals surface area contributed by atoms with E-state index in [1.807, 2.05) is 26.0 Å². The number of hydrogen-bond acceptors (Lipinski definition) is 6. The molecular formula is C26H40FN5O3. The van der Waals surface area contributed by atoms with Crippen LogP contribution in [0.4, 0.5) is 4.39 Å². The molecule has 1 aromatic rings. The first-order valence-corrected chi connectivity index (χ1v) is 12.8. The van der Waals surface area contributed by atoms with Gasteiger partial charge in [-0.05, 0) is 63.7 Å². The zero-order chi connectivity index (χ0) is 25.0. The van der Waals surface area contributed by atoms with Crippen LogP contribution < -0.4 is 26.0 Å². The van der Waals surface area contributed by atoms with Crippen molar-refractivity contribution < 1.29 is 18.7 Å². The average molecular weight is 490 g/mol. The molecule has 8 nitrogen and oxygen atoms in total. The van der Waals surface area contributed by atoms with Gasteiger partial charge in [0.1, 0.15) is 12.6 Å². The third-order valence-corrected chi connectivity index (χ3v) is 6.31. The van der Waals surface area contributed by atoms with Crippen LogP contribution in [0.2, 0.25) is 0 Å². The average Bonchev–Trinajstić information content (AvgIpc) is 3.35. The van der Waals surface area contributed by atoms with Crippen molar-refractivity contribution in [3.63, 3.8) is 0 Å². The molecule has 2 aliphatic rings. The smallest absolute Gasteiger partial charge is 0.243 e. The molecule has 35 heavy (non-hydrogen) atoms. The van der Waals surface area contributed by atoms with Crippen molar-refractivity contribution in [1.29, 1.82) is 0 Å². The number of benzene rings is 1. The summed E-state index contributed by atoms with van der Waals surface area (Å²) in [5.41, 5.74) is 1.67. The fraction of sp³-hybridized carbons (Fsp3) is 0.615. The molecule has 2 heterocycles. The molecule has 1 fully saturated rings. The minimum atomic E-state index is -0.619. The van der Waals surface area contributed by atoms with E-state index in [-0.39, 0.29) is 36.0 Å². The Balaban J connectivity index is 1.74. The number of halogens is 1. The first-order chi connectivity index (χ1) is 17.0. The summed E-state index contributed by atoms with van der Waals surface area (Å²) in [4.78, 5) is 27.9. The zero-order valence-corrected chi connectivity index (χ0v) is 21.0. The molecule has 1 saturated heterocycles. The van der Waals surface area contributed by atoms with Crippen LogP contribution in [0.25, 0.3) is 0 Å². The van der Waals surface area contributed by atoms with Crippen molar-refractivity contribution in [2.75, 3.05) is 45.9 Å². The Morgan fingerprint density at radius 1 is 1.14 bits per heavy atom. The molecule has 0 aliphatic carbocycles. The number of fused-ring (bicyclic) bond motifs is 1. The summed E-state index contributed by atoms with van der Waals surface area (Å²) in [6.07, 6.45) is 6.27. The van der Waals surface area contributed by atoms with E-state index in [0.717, 1.165) is 43.6 Å². The van der Waals surface area contributed by atoms with Crippen LogP contribution in [0.1, 0.15) is 45.1 Å². The maximum absolute atomic E-state index is 14.5. The van der Waals surface area contributed by atoms with Crippen LogP contribution in [0.15, 0.2) is 30.0 Å². The van der Waals surface area contributed by atoms with Crippen molar-refractivity contribution >= 4 is 11.8 Å². The lowest BCUT2D eigenvalue weighted by Gasteiger charge is -2.24. The van der Waals surface area contributed by atoms with Gasteiger partial charge in [-0.2, -0.15) is 0 Å². The second-order valence-corrected chi connectivity index (χ2v) is 9.33. The predicted molar refractivity (Wildman–Crippen MR) is 135 cm³/mol. The van der Waals surface area contributed by atoms with E-state index < -0.39 is 6.04 Å². The minimum Gasteiger partial charge on any atom is -0.489 e. The molecule has 0 aromatic heterocycles. The van der Waals surface area contributed by atoms with Gasteiger partial charge in [-0.25, -0.2) is 4.39 Å². The van der Waals surface area contributed by atoms with Crippen LogP contribution >= 0.6 is 0 Å². The molecule has 2 aliphatic heterocycles. The molecule has 2 amide bonds. The number of ether oxygens (including phenoxy) is 1. The number of nitrogens with zero attached hydrogens (tertiary/aromatic N) is 1. The number of amides is 2. The van der Waals surface area contributed by atoms with Crippen LogP contribution in [-0.4, -0.2) is 74.7 Å². The second kappa shape index (κ2) is 14.0. The van der Waals surface area contributed by atoms with E-state index in [4.69, 9.17) is 4.74 Å². The maximum Gasteiger partial charge on any atom is 0.243 e. The summed E-state index contributed by atoms with van der Waals surface area (Å²) in [7, 11) is 0. The number of hydrogen-bond donors (Lipinski definition) is 4. The van der Waals surface area contributed by atoms with Gasteiger partial charge < -0.3 is 30.9 Å². The van der Waals surface area contributed by atoms with E-state index in [1.54, 1.807) is 6.07 Å². The van der Waals surface area contributed by atoms with Crippen LogP contribution in [0, 0.1) is 5.82 Å². The minimum absolute atomic E-state index is 0.0265. The number of para-hydroxylation sites is 1. The quantitative estimate of drug-likeness (QED) is 0.517. The molecule has 0 spiro atoms. The molecule has 9 heteroatoms. The third-order valence-electron chi connectivity index (χ3n) is 6.31. The van der Waals surface area contributed by atoms with E-state index >= 15 is 0 Å². The number of carbonyl (C=O) groups excluding carboxylic acids is 2. The molecule has 0 radical (unpaired) electrons. The number of likely N-dealkylation sites (tertiary alicyclic amines) is 1. The van der Waals surface area contributed by atoms with Gasteiger partial charge in [-0.15, -0.1) is 0 Å². The zero-order valence-electron chi connectivity index (χ0n) is 21.0. The molecule has 1 unspecified atom stereocenters. The lowest BCUT2D eigenvalue weighted by Crippen LogP contribution is -2.54. The molecule has 0 bridgehead atoms. The van der Waals surface area contributed by atoms with E-state index in [0.29, 0.717) is 39.1 Å². The molecule has 0 saturated carbocycles. The Morgan fingerprint density at radius 3 is 2.71 bits per heavy atom. The van der Waals surface area contributed by atoms with Crippen molar-refractivity contribution in [2.45, 2.75) is 58.0 Å². The summed E-state index contributed by atoms with van der Waals surface area (Å²) < 4.78 is 20.4. The predicted octanol–water partition coefficient (Wildman–Crippen LogP) is 1.71. The SMILES string of the molecule is CC/C=C1\CN[C@@H](C)COc2c(F)cccc2CCCNC(=O)C(CN2CCCC2)NC(=O)CN1. The molecule has 3 rings (SSSR count). The molecular weight excluding hydrogens is 449 g/mol. The van der Waals surface area contributed by atoms with Gasteiger partial charge in [-0.3, -0.25) is 9.59 Å². The number of aryl methyl sites for hydroxylation is 1. The summed E-state index contributed by atoms with van der Waals surface area (Å²) in [6, 6.07) is 4.30. The molecule has 194 valence electrons.